The quantitative estimate of drug-likeness (QED) is 0.225. The molecular weight excluding hydrogens is 506 g/mol. The average Bonchev–Trinajstić information content (AvgIpc) is 3.25. The van der Waals surface area contributed by atoms with Crippen molar-refractivity contribution in [3.8, 4) is 0 Å². The van der Waals surface area contributed by atoms with E-state index in [-0.39, 0.29) is 28.4 Å². The highest BCUT2D eigenvalue weighted by molar-refractivity contribution is 7.93. The van der Waals surface area contributed by atoms with Crippen LogP contribution in [0.5, 0.6) is 0 Å². The van der Waals surface area contributed by atoms with Crippen molar-refractivity contribution in [3.05, 3.63) is 57.9 Å². The molecule has 2 aromatic rings. The highest BCUT2D eigenvalue weighted by Crippen LogP contribution is 2.23. The third-order valence-electron chi connectivity index (χ3n) is 6.31. The molecule has 0 bridgehead atoms. The zero-order valence-electron chi connectivity index (χ0n) is 22.2. The molecule has 12 heteroatoms. The number of nitrogen functional groups attached to an aromatic ring is 1. The Morgan fingerprint density at radius 1 is 1.16 bits per heavy atom. The van der Waals surface area contributed by atoms with Gasteiger partial charge in [0.2, 0.25) is 11.0 Å². The Bertz CT molecular complexity index is 1310. The van der Waals surface area contributed by atoms with Crippen LogP contribution in [0.4, 0.5) is 11.8 Å². The van der Waals surface area contributed by atoms with E-state index in [1.807, 2.05) is 14.0 Å². The first kappa shape index (κ1) is 29.2. The van der Waals surface area contributed by atoms with Gasteiger partial charge in [0.25, 0.3) is 10.0 Å². The summed E-state index contributed by atoms with van der Waals surface area (Å²) >= 11 is 0. The molecule has 11 nitrogen and oxygen atoms in total. The molecule has 2 heterocycles. The van der Waals surface area contributed by atoms with E-state index in [0.717, 1.165) is 49.3 Å². The minimum Gasteiger partial charge on any atom is -0.550 e. The summed E-state index contributed by atoms with van der Waals surface area (Å²) in [6.45, 7) is 5.54. The number of carboxylic acids is 1. The fourth-order valence-electron chi connectivity index (χ4n) is 4.28. The largest absolute Gasteiger partial charge is 0.550 e. The van der Waals surface area contributed by atoms with Crippen molar-refractivity contribution in [1.82, 2.24) is 14.7 Å². The Labute approximate surface area is 224 Å². The summed E-state index contributed by atoms with van der Waals surface area (Å²) in [5.41, 5.74) is 8.91. The molecule has 3 rings (SSSR count). The smallest absolute Gasteiger partial charge is 0.263 e. The number of sulfonamides is 1. The Kier molecular flexibility index (Phi) is 9.95. The van der Waals surface area contributed by atoms with E-state index in [2.05, 4.69) is 31.9 Å². The number of nitrogens with zero attached hydrogens (tertiary/aromatic N) is 4. The second kappa shape index (κ2) is 12.9. The molecule has 1 aliphatic rings. The lowest BCUT2D eigenvalue weighted by atomic mass is 10.1. The van der Waals surface area contributed by atoms with Crippen molar-refractivity contribution in [3.63, 3.8) is 0 Å². The van der Waals surface area contributed by atoms with Crippen LogP contribution in [0, 0.1) is 6.92 Å². The molecule has 38 heavy (non-hydrogen) atoms. The van der Waals surface area contributed by atoms with Gasteiger partial charge in [0, 0.05) is 43.2 Å². The SMILES string of the molecule is CCCCCNc1nc(N)nc(C)c1CCC[N+]1(C)C=NC(S(=O)(=O)NCc2cccc(CC(=O)[O-])c2)=C1. The number of nitrogens with two attached hydrogens (primary N) is 1. The number of nitrogens with one attached hydrogen (secondary N) is 2. The number of hydrogen-bond acceptors (Lipinski definition) is 9. The molecule has 0 aliphatic carbocycles. The normalized spacial score (nSPS) is 17.0. The minimum absolute atomic E-state index is 0.0181. The number of aryl methyl sites for hydroxylation is 1. The number of aliphatic imine (C=N–C) groups is 1. The van der Waals surface area contributed by atoms with Gasteiger partial charge in [-0.3, -0.25) is 4.48 Å². The predicted octanol–water partition coefficient (Wildman–Crippen LogP) is 1.60. The number of benzene rings is 1. The van der Waals surface area contributed by atoms with Crippen LogP contribution in [0.3, 0.4) is 0 Å². The van der Waals surface area contributed by atoms with Crippen molar-refractivity contribution in [2.75, 3.05) is 31.2 Å². The van der Waals surface area contributed by atoms with Crippen molar-refractivity contribution < 1.29 is 22.8 Å². The molecule has 1 aliphatic heterocycles. The van der Waals surface area contributed by atoms with Gasteiger partial charge in [-0.2, -0.15) is 9.98 Å². The Morgan fingerprint density at radius 2 is 1.92 bits per heavy atom. The maximum absolute atomic E-state index is 12.9. The Morgan fingerprint density at radius 3 is 2.66 bits per heavy atom. The van der Waals surface area contributed by atoms with Crippen molar-refractivity contribution in [2.24, 2.45) is 4.99 Å². The van der Waals surface area contributed by atoms with Crippen LogP contribution >= 0.6 is 0 Å². The van der Waals surface area contributed by atoms with Gasteiger partial charge in [-0.05, 0) is 30.9 Å². The maximum atomic E-state index is 12.9. The number of carbonyl (C=O) groups excluding carboxylic acids is 1. The highest BCUT2D eigenvalue weighted by Gasteiger charge is 2.31. The van der Waals surface area contributed by atoms with Gasteiger partial charge < -0.3 is 21.0 Å². The molecule has 1 unspecified atom stereocenters. The molecular formula is C26H37N7O4S. The van der Waals surface area contributed by atoms with Gasteiger partial charge >= 0.3 is 0 Å². The number of anilines is 2. The second-order valence-corrected chi connectivity index (χ2v) is 11.4. The van der Waals surface area contributed by atoms with E-state index in [9.17, 15) is 18.3 Å². The fraction of sp³-hybridized carbons (Fsp3) is 0.462. The van der Waals surface area contributed by atoms with Crippen LogP contribution in [0.2, 0.25) is 0 Å². The molecule has 1 aromatic carbocycles. The third-order valence-corrected chi connectivity index (χ3v) is 7.59. The minimum atomic E-state index is -3.85. The summed E-state index contributed by atoms with van der Waals surface area (Å²) < 4.78 is 28.5. The number of aliphatic carboxylic acids is 1. The van der Waals surface area contributed by atoms with Crippen molar-refractivity contribution in [1.29, 1.82) is 0 Å². The maximum Gasteiger partial charge on any atom is 0.263 e. The van der Waals surface area contributed by atoms with E-state index in [4.69, 9.17) is 5.73 Å². The number of aromatic nitrogens is 2. The number of carboxylic acid groups (broad SMARTS) is 1. The summed E-state index contributed by atoms with van der Waals surface area (Å²) in [5.74, 6) is -0.190. The van der Waals surface area contributed by atoms with E-state index in [1.165, 1.54) is 0 Å². The topological polar surface area (TPSA) is 162 Å². The van der Waals surface area contributed by atoms with Crippen LogP contribution in [0.25, 0.3) is 0 Å². The Hall–Kier alpha value is -3.35. The molecule has 4 N–H and O–H groups in total. The number of hydrogen-bond donors (Lipinski definition) is 3. The van der Waals surface area contributed by atoms with Crippen LogP contribution in [-0.4, -0.2) is 55.3 Å². The summed E-state index contributed by atoms with van der Waals surface area (Å²) in [6, 6.07) is 6.71. The molecule has 0 spiro atoms. The number of carbonyl (C=O) groups is 1. The third kappa shape index (κ3) is 8.33. The van der Waals surface area contributed by atoms with Crippen LogP contribution in [0.1, 0.15) is 55.0 Å². The van der Waals surface area contributed by atoms with Crippen molar-refractivity contribution in [2.45, 2.75) is 58.9 Å². The highest BCUT2D eigenvalue weighted by atomic mass is 32.2. The lowest BCUT2D eigenvalue weighted by Gasteiger charge is -2.22. The molecule has 0 saturated carbocycles. The molecule has 0 fully saturated rings. The van der Waals surface area contributed by atoms with Gasteiger partial charge in [0.1, 0.15) is 12.0 Å². The fourth-order valence-corrected chi connectivity index (χ4v) is 5.35. The molecule has 0 saturated heterocycles. The monoisotopic (exact) mass is 543 g/mol. The van der Waals surface area contributed by atoms with E-state index in [0.29, 0.717) is 24.1 Å². The summed E-state index contributed by atoms with van der Waals surface area (Å²) in [7, 11) is -1.96. The molecule has 1 atom stereocenters. The summed E-state index contributed by atoms with van der Waals surface area (Å²) in [6.07, 6.45) is 7.78. The van der Waals surface area contributed by atoms with Gasteiger partial charge in [-0.1, -0.05) is 44.0 Å². The first-order valence-electron chi connectivity index (χ1n) is 12.8. The molecule has 1 aromatic heterocycles. The lowest BCUT2D eigenvalue weighted by molar-refractivity contribution is -0.756. The predicted molar refractivity (Wildman–Crippen MR) is 146 cm³/mol. The summed E-state index contributed by atoms with van der Waals surface area (Å²) in [4.78, 5) is 23.7. The van der Waals surface area contributed by atoms with Gasteiger partial charge in [0.15, 0.2) is 6.34 Å². The number of unbranched alkanes of at least 4 members (excludes halogenated alkanes) is 2. The number of rotatable bonds is 15. The zero-order valence-corrected chi connectivity index (χ0v) is 23.1. The standard InChI is InChI=1S/C26H37N7O4S/c1-4-5-6-12-28-25-22(19(2)31-26(27)32-25)11-8-13-33(3)17-23(29-18-33)38(36,37)30-16-21-10-7-9-20(14-21)15-24(34)35/h7,9-10,14,17-18,30H,4-6,8,11-13,15-16H2,1-3H3,(H3-,27,28,31,32,34,35). The first-order valence-corrected chi connectivity index (χ1v) is 14.3. The van der Waals surface area contributed by atoms with E-state index in [1.54, 1.807) is 36.8 Å². The van der Waals surface area contributed by atoms with E-state index >= 15 is 0 Å². The second-order valence-electron chi connectivity index (χ2n) is 9.71. The van der Waals surface area contributed by atoms with Crippen LogP contribution in [0.15, 0.2) is 40.5 Å². The van der Waals surface area contributed by atoms with Crippen molar-refractivity contribution >= 4 is 34.1 Å². The summed E-state index contributed by atoms with van der Waals surface area (Å²) in [5, 5.41) is 14.2. The Balaban J connectivity index is 1.60. The van der Waals surface area contributed by atoms with Crippen LogP contribution < -0.4 is 20.9 Å². The molecule has 206 valence electrons. The number of quaternary nitrogens is 1. The van der Waals surface area contributed by atoms with Gasteiger partial charge in [0.05, 0.1) is 13.6 Å². The average molecular weight is 544 g/mol. The van der Waals surface area contributed by atoms with Gasteiger partial charge in [-0.25, -0.2) is 18.1 Å². The molecule has 0 amide bonds. The van der Waals surface area contributed by atoms with Crippen LogP contribution in [-0.2, 0) is 34.2 Å². The van der Waals surface area contributed by atoms with E-state index < -0.39 is 16.0 Å². The van der Waals surface area contributed by atoms with Gasteiger partial charge in [-0.15, -0.1) is 0 Å². The lowest BCUT2D eigenvalue weighted by Crippen LogP contribution is -2.36. The molecule has 0 radical (unpaired) electrons. The first-order chi connectivity index (χ1) is 18.0. The zero-order chi connectivity index (χ0) is 27.8.